The summed E-state index contributed by atoms with van der Waals surface area (Å²) < 4.78 is 11.0. The third-order valence-corrected chi connectivity index (χ3v) is 4.76. The van der Waals surface area contributed by atoms with Gasteiger partial charge in [-0.1, -0.05) is 20.8 Å². The molecule has 7 nitrogen and oxygen atoms in total. The lowest BCUT2D eigenvalue weighted by molar-refractivity contribution is 0.155. The molecular weight excluding hydrogens is 469 g/mol. The Hall–Kier alpha value is -0.870. The van der Waals surface area contributed by atoms with Crippen LogP contribution in [0.4, 0.5) is 0 Å². The molecule has 28 heavy (non-hydrogen) atoms. The molecule has 162 valence electrons. The van der Waals surface area contributed by atoms with Gasteiger partial charge in [0.1, 0.15) is 12.3 Å². The molecule has 0 spiro atoms. The van der Waals surface area contributed by atoms with Gasteiger partial charge in [-0.25, -0.2) is 9.98 Å². The van der Waals surface area contributed by atoms with E-state index < -0.39 is 0 Å². The van der Waals surface area contributed by atoms with E-state index in [1.54, 1.807) is 7.11 Å². The average molecular weight is 507 g/mol. The van der Waals surface area contributed by atoms with Crippen LogP contribution in [0.3, 0.4) is 0 Å². The van der Waals surface area contributed by atoms with E-state index in [9.17, 15) is 0 Å². The van der Waals surface area contributed by atoms with E-state index in [-0.39, 0.29) is 29.4 Å². The number of halogens is 1. The van der Waals surface area contributed by atoms with Crippen molar-refractivity contribution in [2.24, 2.45) is 4.99 Å². The Labute approximate surface area is 187 Å². The fourth-order valence-electron chi connectivity index (χ4n) is 3.12. The number of hydrogen-bond acceptors (Lipinski definition) is 5. The molecule has 0 bridgehead atoms. The van der Waals surface area contributed by atoms with Gasteiger partial charge in [0, 0.05) is 51.4 Å². The number of nitrogens with one attached hydrogen (secondary N) is 2. The maximum atomic E-state index is 5.84. The Bertz CT molecular complexity index is 577. The van der Waals surface area contributed by atoms with Crippen LogP contribution in [-0.2, 0) is 16.7 Å². The Morgan fingerprint density at radius 2 is 2.07 bits per heavy atom. The summed E-state index contributed by atoms with van der Waals surface area (Å²) >= 11 is 0. The highest BCUT2D eigenvalue weighted by atomic mass is 127. The topological polar surface area (TPSA) is 74.9 Å². The number of hydrogen-bond donors (Lipinski definition) is 2. The van der Waals surface area contributed by atoms with Crippen LogP contribution in [-0.4, -0.2) is 61.8 Å². The van der Waals surface area contributed by atoms with Crippen LogP contribution >= 0.6 is 24.0 Å². The van der Waals surface area contributed by atoms with Crippen LogP contribution < -0.4 is 10.6 Å². The van der Waals surface area contributed by atoms with Gasteiger partial charge in [0.25, 0.3) is 0 Å². The minimum atomic E-state index is -0.0328. The fourth-order valence-corrected chi connectivity index (χ4v) is 3.12. The molecule has 0 amide bonds. The van der Waals surface area contributed by atoms with E-state index >= 15 is 0 Å². The van der Waals surface area contributed by atoms with E-state index in [1.165, 1.54) is 0 Å². The summed E-state index contributed by atoms with van der Waals surface area (Å²) in [6, 6.07) is 0.455. The molecule has 0 saturated carbocycles. The van der Waals surface area contributed by atoms with Gasteiger partial charge in [0.2, 0.25) is 5.89 Å². The molecule has 0 aliphatic carbocycles. The van der Waals surface area contributed by atoms with Gasteiger partial charge < -0.3 is 24.7 Å². The van der Waals surface area contributed by atoms with Crippen molar-refractivity contribution in [1.82, 2.24) is 20.5 Å². The maximum Gasteiger partial charge on any atom is 0.216 e. The van der Waals surface area contributed by atoms with E-state index in [4.69, 9.17) is 9.15 Å². The van der Waals surface area contributed by atoms with Crippen molar-refractivity contribution < 1.29 is 9.15 Å². The van der Waals surface area contributed by atoms with Crippen molar-refractivity contribution in [2.75, 3.05) is 39.9 Å². The number of aliphatic imine (C=N–C) groups is 1. The van der Waals surface area contributed by atoms with Crippen LogP contribution in [0, 0.1) is 0 Å². The highest BCUT2D eigenvalue weighted by Gasteiger charge is 2.21. The van der Waals surface area contributed by atoms with E-state index in [0.29, 0.717) is 18.5 Å². The number of nitrogens with zero attached hydrogens (tertiary/aromatic N) is 3. The predicted molar refractivity (Wildman–Crippen MR) is 125 cm³/mol. The molecule has 0 aromatic carbocycles. The van der Waals surface area contributed by atoms with Crippen molar-refractivity contribution in [3.05, 3.63) is 17.8 Å². The molecule has 1 aliphatic rings. The maximum absolute atomic E-state index is 5.84. The minimum Gasteiger partial charge on any atom is -0.443 e. The Kier molecular flexibility index (Phi) is 11.4. The van der Waals surface area contributed by atoms with Gasteiger partial charge in [-0.3, -0.25) is 0 Å². The quantitative estimate of drug-likeness (QED) is 0.244. The standard InChI is InChI=1S/C20H37N5O2.HI/c1-6-21-19(23-15-18-22-14-17(27-18)20(2,3)4)24-16-8-11-25(12-9-16)10-7-13-26-5;/h14,16H,6-13,15H2,1-5H3,(H2,21,23,24);1H. The first-order chi connectivity index (χ1) is 12.9. The summed E-state index contributed by atoms with van der Waals surface area (Å²) in [5, 5.41) is 6.90. The molecular formula is C20H38IN5O2. The van der Waals surface area contributed by atoms with Crippen LogP contribution in [0.25, 0.3) is 0 Å². The number of likely N-dealkylation sites (tertiary alicyclic amines) is 1. The monoisotopic (exact) mass is 507 g/mol. The second-order valence-electron chi connectivity index (χ2n) is 8.17. The summed E-state index contributed by atoms with van der Waals surface area (Å²) in [6.07, 6.45) is 5.17. The molecule has 1 fully saturated rings. The van der Waals surface area contributed by atoms with Crippen LogP contribution in [0.15, 0.2) is 15.6 Å². The number of piperidine rings is 1. The zero-order valence-corrected chi connectivity index (χ0v) is 20.4. The first-order valence-corrected chi connectivity index (χ1v) is 10.1. The summed E-state index contributed by atoms with van der Waals surface area (Å²) in [5.41, 5.74) is -0.0328. The summed E-state index contributed by atoms with van der Waals surface area (Å²) in [4.78, 5) is 11.5. The second-order valence-corrected chi connectivity index (χ2v) is 8.17. The molecule has 1 saturated heterocycles. The lowest BCUT2D eigenvalue weighted by Crippen LogP contribution is -2.48. The molecule has 0 unspecified atom stereocenters. The van der Waals surface area contributed by atoms with Gasteiger partial charge in [-0.15, -0.1) is 24.0 Å². The number of oxazole rings is 1. The van der Waals surface area contributed by atoms with Crippen LogP contribution in [0.2, 0.25) is 0 Å². The molecule has 2 rings (SSSR count). The zero-order chi connectivity index (χ0) is 19.7. The first kappa shape index (κ1) is 25.2. The molecule has 0 radical (unpaired) electrons. The normalized spacial score (nSPS) is 16.7. The molecule has 2 heterocycles. The smallest absolute Gasteiger partial charge is 0.216 e. The Morgan fingerprint density at radius 1 is 1.36 bits per heavy atom. The summed E-state index contributed by atoms with van der Waals surface area (Å²) in [7, 11) is 1.76. The molecule has 0 atom stereocenters. The minimum absolute atomic E-state index is 0. The SMILES string of the molecule is CCNC(=NCc1ncc(C(C)(C)C)o1)NC1CCN(CCCOC)CC1.I. The Balaban J connectivity index is 0.00000392. The van der Waals surface area contributed by atoms with Crippen molar-refractivity contribution in [3.8, 4) is 0 Å². The van der Waals surface area contributed by atoms with Crippen molar-refractivity contribution in [1.29, 1.82) is 0 Å². The third kappa shape index (κ3) is 8.65. The van der Waals surface area contributed by atoms with Crippen LogP contribution in [0.1, 0.15) is 58.6 Å². The van der Waals surface area contributed by atoms with Gasteiger partial charge in [0.05, 0.1) is 6.20 Å². The van der Waals surface area contributed by atoms with Gasteiger partial charge in [-0.2, -0.15) is 0 Å². The molecule has 2 N–H and O–H groups in total. The zero-order valence-electron chi connectivity index (χ0n) is 18.1. The van der Waals surface area contributed by atoms with Crippen molar-refractivity contribution >= 4 is 29.9 Å². The largest absolute Gasteiger partial charge is 0.443 e. The average Bonchev–Trinajstić information content (AvgIpc) is 3.11. The third-order valence-electron chi connectivity index (χ3n) is 4.76. The number of guanidine groups is 1. The highest BCUT2D eigenvalue weighted by Crippen LogP contribution is 2.22. The predicted octanol–water partition coefficient (Wildman–Crippen LogP) is 3.15. The van der Waals surface area contributed by atoms with Gasteiger partial charge in [-0.05, 0) is 26.2 Å². The summed E-state index contributed by atoms with van der Waals surface area (Å²) in [6.45, 7) is 13.9. The number of methoxy groups -OCH3 is 1. The van der Waals surface area contributed by atoms with Gasteiger partial charge in [0.15, 0.2) is 5.96 Å². The lowest BCUT2D eigenvalue weighted by Gasteiger charge is -2.33. The van der Waals surface area contributed by atoms with Crippen molar-refractivity contribution in [2.45, 2.75) is 65.0 Å². The summed E-state index contributed by atoms with van der Waals surface area (Å²) in [5.74, 6) is 2.39. The van der Waals surface area contributed by atoms with Gasteiger partial charge >= 0.3 is 0 Å². The lowest BCUT2D eigenvalue weighted by atomic mass is 9.94. The molecule has 1 aliphatic heterocycles. The molecule has 1 aromatic rings. The first-order valence-electron chi connectivity index (χ1n) is 10.1. The number of ether oxygens (including phenoxy) is 1. The molecule has 1 aromatic heterocycles. The number of rotatable bonds is 8. The molecule has 8 heteroatoms. The second kappa shape index (κ2) is 12.6. The van der Waals surface area contributed by atoms with E-state index in [2.05, 4.69) is 53.2 Å². The van der Waals surface area contributed by atoms with E-state index in [1.807, 2.05) is 6.20 Å². The highest BCUT2D eigenvalue weighted by molar-refractivity contribution is 14.0. The number of aromatic nitrogens is 1. The fraction of sp³-hybridized carbons (Fsp3) is 0.800. The van der Waals surface area contributed by atoms with Crippen LogP contribution in [0.5, 0.6) is 0 Å². The Morgan fingerprint density at radius 3 is 2.64 bits per heavy atom. The van der Waals surface area contributed by atoms with E-state index in [0.717, 1.165) is 63.8 Å². The van der Waals surface area contributed by atoms with Crippen molar-refractivity contribution in [3.63, 3.8) is 0 Å².